The maximum absolute atomic E-state index is 13.9. The van der Waals surface area contributed by atoms with E-state index in [1.165, 1.54) is 18.2 Å². The van der Waals surface area contributed by atoms with Crippen LogP contribution in [-0.2, 0) is 30.8 Å². The van der Waals surface area contributed by atoms with Crippen LogP contribution in [0.25, 0.3) is 0 Å². The molecule has 202 valence electrons. The second-order valence-electron chi connectivity index (χ2n) is 9.77. The molecule has 1 aliphatic heterocycles. The van der Waals surface area contributed by atoms with Gasteiger partial charge in [-0.1, -0.05) is 6.07 Å². The highest BCUT2D eigenvalue weighted by atomic mass is 32.2. The van der Waals surface area contributed by atoms with Crippen molar-refractivity contribution in [3.63, 3.8) is 0 Å². The Labute approximate surface area is 212 Å². The zero-order valence-corrected chi connectivity index (χ0v) is 21.5. The van der Waals surface area contributed by atoms with Crippen molar-refractivity contribution in [2.75, 3.05) is 10.8 Å². The Morgan fingerprint density at radius 2 is 1.73 bits per heavy atom. The third-order valence-corrected chi connectivity index (χ3v) is 7.26. The number of carbonyl (C=O) groups excluding carboxylic acids is 2. The minimum atomic E-state index is -4.85. The van der Waals surface area contributed by atoms with Crippen molar-refractivity contribution in [2.45, 2.75) is 63.3 Å². The van der Waals surface area contributed by atoms with E-state index < -0.39 is 64.4 Å². The highest BCUT2D eigenvalue weighted by Gasteiger charge is 2.50. The van der Waals surface area contributed by atoms with Crippen molar-refractivity contribution in [2.24, 2.45) is 5.92 Å². The van der Waals surface area contributed by atoms with Crippen molar-refractivity contribution >= 4 is 27.5 Å². The standard InChI is InChI=1S/C25H27F4NO6S/c1-15(31)11-19(25(27,28)29)22-14-30(37(33,34)18-8-6-17(26)7-9-18)20-12-16(5-10-21(20)35-22)13-23(32)36-24(2,3)4/h5-10,12,19,22H,11,13-14H2,1-4H3/t19-,22-/m1/s1. The third-order valence-electron chi connectivity index (χ3n) is 5.46. The Morgan fingerprint density at radius 3 is 2.27 bits per heavy atom. The number of esters is 1. The molecule has 0 aromatic heterocycles. The summed E-state index contributed by atoms with van der Waals surface area (Å²) in [4.78, 5) is 23.6. The summed E-state index contributed by atoms with van der Waals surface area (Å²) in [5, 5.41) is 0. The van der Waals surface area contributed by atoms with Gasteiger partial charge >= 0.3 is 12.1 Å². The largest absolute Gasteiger partial charge is 0.486 e. The van der Waals surface area contributed by atoms with Gasteiger partial charge in [0.25, 0.3) is 10.0 Å². The van der Waals surface area contributed by atoms with Crippen molar-refractivity contribution in [3.8, 4) is 5.75 Å². The molecule has 0 spiro atoms. The van der Waals surface area contributed by atoms with Crippen molar-refractivity contribution in [1.82, 2.24) is 0 Å². The Morgan fingerprint density at radius 1 is 1.11 bits per heavy atom. The van der Waals surface area contributed by atoms with E-state index >= 15 is 0 Å². The fourth-order valence-electron chi connectivity index (χ4n) is 3.91. The molecule has 2 aromatic rings. The van der Waals surface area contributed by atoms with Gasteiger partial charge in [-0.2, -0.15) is 13.2 Å². The van der Waals surface area contributed by atoms with Crippen LogP contribution in [-0.4, -0.2) is 44.6 Å². The smallest absolute Gasteiger partial charge is 0.395 e. The maximum Gasteiger partial charge on any atom is 0.395 e. The number of fused-ring (bicyclic) bond motifs is 1. The number of hydrogen-bond acceptors (Lipinski definition) is 6. The first-order valence-corrected chi connectivity index (χ1v) is 12.8. The van der Waals surface area contributed by atoms with E-state index in [1.54, 1.807) is 20.8 Å². The molecule has 2 aromatic carbocycles. The lowest BCUT2D eigenvalue weighted by atomic mass is 9.94. The van der Waals surface area contributed by atoms with Crippen LogP contribution in [0.2, 0.25) is 0 Å². The number of alkyl halides is 3. The SMILES string of the molecule is CC(=O)C[C@H]([C@H]1CN(S(=O)(=O)c2ccc(F)cc2)c2cc(CC(=O)OC(C)(C)C)ccc2O1)C(F)(F)F. The van der Waals surface area contributed by atoms with Crippen LogP contribution in [0.5, 0.6) is 5.75 Å². The lowest BCUT2D eigenvalue weighted by Gasteiger charge is -2.39. The number of ether oxygens (including phenoxy) is 2. The van der Waals surface area contributed by atoms with Crippen LogP contribution in [0.3, 0.4) is 0 Å². The fourth-order valence-corrected chi connectivity index (χ4v) is 5.39. The van der Waals surface area contributed by atoms with Crippen molar-refractivity contribution in [3.05, 3.63) is 53.8 Å². The quantitative estimate of drug-likeness (QED) is 0.366. The van der Waals surface area contributed by atoms with Crippen LogP contribution < -0.4 is 9.04 Å². The number of nitrogens with zero attached hydrogens (tertiary/aromatic N) is 1. The van der Waals surface area contributed by atoms with Gasteiger partial charge in [-0.15, -0.1) is 0 Å². The number of benzene rings is 2. The fraction of sp³-hybridized carbons (Fsp3) is 0.440. The Bertz CT molecular complexity index is 1270. The zero-order chi connectivity index (χ0) is 27.8. The molecule has 0 unspecified atom stereocenters. The molecule has 0 bridgehead atoms. The number of carbonyl (C=O) groups is 2. The first-order chi connectivity index (χ1) is 17.0. The van der Waals surface area contributed by atoms with Gasteiger partial charge < -0.3 is 14.3 Å². The van der Waals surface area contributed by atoms with E-state index in [0.717, 1.165) is 35.5 Å². The molecule has 2 atom stereocenters. The molecule has 0 aliphatic carbocycles. The molecule has 3 rings (SSSR count). The van der Waals surface area contributed by atoms with Crippen LogP contribution in [0.4, 0.5) is 23.2 Å². The molecule has 12 heteroatoms. The van der Waals surface area contributed by atoms with Gasteiger partial charge in [0, 0.05) is 6.42 Å². The predicted octanol–water partition coefficient (Wildman–Crippen LogP) is 4.82. The van der Waals surface area contributed by atoms with E-state index in [4.69, 9.17) is 9.47 Å². The highest BCUT2D eigenvalue weighted by molar-refractivity contribution is 7.92. The molecule has 0 N–H and O–H groups in total. The zero-order valence-electron chi connectivity index (χ0n) is 20.6. The summed E-state index contributed by atoms with van der Waals surface area (Å²) < 4.78 is 93.8. The molecule has 0 amide bonds. The molecular formula is C25H27F4NO6S. The van der Waals surface area contributed by atoms with Gasteiger partial charge in [-0.05, 0) is 69.7 Å². The molecule has 0 fully saturated rings. The van der Waals surface area contributed by atoms with Gasteiger partial charge in [-0.25, -0.2) is 12.8 Å². The van der Waals surface area contributed by atoms with Gasteiger partial charge in [0.15, 0.2) is 0 Å². The lowest BCUT2D eigenvalue weighted by molar-refractivity contribution is -0.198. The summed E-state index contributed by atoms with van der Waals surface area (Å²) in [7, 11) is -4.49. The van der Waals surface area contributed by atoms with Gasteiger partial charge in [0.05, 0.1) is 23.5 Å². The normalized spacial score (nSPS) is 17.0. The summed E-state index contributed by atoms with van der Waals surface area (Å²) in [5.41, 5.74) is -0.515. The second-order valence-corrected chi connectivity index (χ2v) is 11.6. The van der Waals surface area contributed by atoms with Gasteiger partial charge in [-0.3, -0.25) is 9.10 Å². The first-order valence-electron chi connectivity index (χ1n) is 11.3. The molecule has 0 radical (unpaired) electrons. The summed E-state index contributed by atoms with van der Waals surface area (Å²) in [6, 6.07) is 7.84. The summed E-state index contributed by atoms with van der Waals surface area (Å²) in [6.07, 6.45) is -7.71. The Balaban J connectivity index is 2.08. The first kappa shape index (κ1) is 28.4. The molecule has 37 heavy (non-hydrogen) atoms. The van der Waals surface area contributed by atoms with Crippen LogP contribution >= 0.6 is 0 Å². The average molecular weight is 546 g/mol. The number of Topliss-reactive ketones (excluding diaryl/α,β-unsaturated/α-hetero) is 1. The van der Waals surface area contributed by atoms with E-state index in [-0.39, 0.29) is 22.8 Å². The predicted molar refractivity (Wildman–Crippen MR) is 126 cm³/mol. The molecule has 1 aliphatic rings. The highest BCUT2D eigenvalue weighted by Crippen LogP contribution is 2.43. The molecule has 1 heterocycles. The molecule has 0 saturated carbocycles. The van der Waals surface area contributed by atoms with E-state index in [2.05, 4.69) is 0 Å². The number of anilines is 1. The number of hydrogen-bond donors (Lipinski definition) is 0. The van der Waals surface area contributed by atoms with Crippen LogP contribution in [0.1, 0.15) is 39.7 Å². The second kappa shape index (κ2) is 10.3. The number of rotatable bonds is 7. The minimum absolute atomic E-state index is 0.0922. The van der Waals surface area contributed by atoms with E-state index in [1.807, 2.05) is 0 Å². The summed E-state index contributed by atoms with van der Waals surface area (Å²) in [5.74, 6) is -4.47. The monoisotopic (exact) mass is 545 g/mol. The van der Waals surface area contributed by atoms with Gasteiger partial charge in [0.2, 0.25) is 0 Å². The third kappa shape index (κ3) is 7.00. The Kier molecular flexibility index (Phi) is 7.92. The molecule has 0 saturated heterocycles. The summed E-state index contributed by atoms with van der Waals surface area (Å²) in [6.45, 7) is 5.29. The van der Waals surface area contributed by atoms with E-state index in [9.17, 15) is 35.6 Å². The number of sulfonamides is 1. The van der Waals surface area contributed by atoms with Crippen LogP contribution in [0, 0.1) is 11.7 Å². The summed E-state index contributed by atoms with van der Waals surface area (Å²) >= 11 is 0. The van der Waals surface area contributed by atoms with Gasteiger partial charge in [0.1, 0.15) is 35.0 Å². The van der Waals surface area contributed by atoms with Crippen molar-refractivity contribution in [1.29, 1.82) is 0 Å². The van der Waals surface area contributed by atoms with Crippen LogP contribution in [0.15, 0.2) is 47.4 Å². The lowest BCUT2D eigenvalue weighted by Crippen LogP contribution is -2.50. The van der Waals surface area contributed by atoms with E-state index in [0.29, 0.717) is 5.56 Å². The molecule has 7 nitrogen and oxygen atoms in total. The number of ketones is 1. The Hall–Kier alpha value is -3.15. The minimum Gasteiger partial charge on any atom is -0.486 e. The molecular weight excluding hydrogens is 518 g/mol. The maximum atomic E-state index is 13.9. The average Bonchev–Trinajstić information content (AvgIpc) is 2.75. The topological polar surface area (TPSA) is 90.0 Å². The number of halogens is 4. The van der Waals surface area contributed by atoms with Crippen molar-refractivity contribution < 1.29 is 45.0 Å².